The first kappa shape index (κ1) is 11.9. The summed E-state index contributed by atoms with van der Waals surface area (Å²) in [5, 5.41) is 6.88. The van der Waals surface area contributed by atoms with Gasteiger partial charge in [-0.05, 0) is 12.1 Å². The van der Waals surface area contributed by atoms with E-state index in [0.29, 0.717) is 5.84 Å². The van der Waals surface area contributed by atoms with Crippen LogP contribution in [0.5, 0.6) is 0 Å². The molecule has 0 aliphatic carbocycles. The highest BCUT2D eigenvalue weighted by Gasteiger charge is 2.06. The molecule has 0 atom stereocenters. The van der Waals surface area contributed by atoms with Gasteiger partial charge in [0.15, 0.2) is 11.7 Å². The average molecular weight is 217 g/mol. The van der Waals surface area contributed by atoms with Crippen molar-refractivity contribution in [1.82, 2.24) is 4.90 Å². The lowest BCUT2D eigenvalue weighted by molar-refractivity contribution is 0.630. The number of nitrogens with zero attached hydrogens (tertiary/aromatic N) is 3. The summed E-state index contributed by atoms with van der Waals surface area (Å²) in [6, 6.07) is 9.47. The Morgan fingerprint density at radius 2 is 1.94 bits per heavy atom. The highest BCUT2D eigenvalue weighted by molar-refractivity contribution is 6.41. The number of hydrogen-bond donors (Lipinski definition) is 2. The van der Waals surface area contributed by atoms with E-state index in [2.05, 4.69) is 9.98 Å². The van der Waals surface area contributed by atoms with Crippen LogP contribution in [0.3, 0.4) is 0 Å². The Morgan fingerprint density at radius 1 is 1.31 bits per heavy atom. The van der Waals surface area contributed by atoms with Crippen molar-refractivity contribution in [2.24, 2.45) is 15.7 Å². The molecule has 0 aromatic heterocycles. The van der Waals surface area contributed by atoms with Crippen molar-refractivity contribution in [2.45, 2.75) is 0 Å². The van der Waals surface area contributed by atoms with E-state index in [1.165, 1.54) is 0 Å². The monoisotopic (exact) mass is 217 g/mol. The lowest BCUT2D eigenvalue weighted by atomic mass is 10.3. The van der Waals surface area contributed by atoms with Crippen molar-refractivity contribution in [1.29, 1.82) is 5.41 Å². The van der Waals surface area contributed by atoms with Crippen molar-refractivity contribution in [3.63, 3.8) is 0 Å². The molecule has 1 aromatic rings. The second-order valence-corrected chi connectivity index (χ2v) is 3.31. The Labute approximate surface area is 94.8 Å². The molecule has 0 radical (unpaired) electrons. The van der Waals surface area contributed by atoms with Crippen LogP contribution in [0.15, 0.2) is 40.3 Å². The van der Waals surface area contributed by atoms with E-state index in [0.717, 1.165) is 12.0 Å². The second kappa shape index (κ2) is 5.65. The van der Waals surface area contributed by atoms with Crippen LogP contribution in [0, 0.1) is 5.41 Å². The van der Waals surface area contributed by atoms with Gasteiger partial charge in [0, 0.05) is 14.1 Å². The molecule has 0 saturated heterocycles. The quantitative estimate of drug-likeness (QED) is 0.577. The topological polar surface area (TPSA) is 77.8 Å². The summed E-state index contributed by atoms with van der Waals surface area (Å²) in [5.74, 6) is 0.763. The van der Waals surface area contributed by atoms with Gasteiger partial charge >= 0.3 is 0 Å². The number of rotatable bonds is 2. The van der Waals surface area contributed by atoms with Gasteiger partial charge in [-0.15, -0.1) is 0 Å². The molecule has 0 fully saturated rings. The van der Waals surface area contributed by atoms with Crippen LogP contribution in [-0.4, -0.2) is 37.0 Å². The predicted molar refractivity (Wildman–Crippen MR) is 67.6 cm³/mol. The van der Waals surface area contributed by atoms with Crippen molar-refractivity contribution >= 4 is 23.7 Å². The zero-order valence-corrected chi connectivity index (χ0v) is 9.38. The molecular weight excluding hydrogens is 202 g/mol. The molecule has 0 heterocycles. The fraction of sp³-hybridized carbons (Fsp3) is 0.182. The van der Waals surface area contributed by atoms with Gasteiger partial charge in [0.05, 0.1) is 5.69 Å². The molecule has 16 heavy (non-hydrogen) atoms. The SMILES string of the molecule is CN(C)C(=Nc1ccccc1)C(N)=NC=N. The molecule has 0 bridgehead atoms. The molecule has 0 aliphatic rings. The first-order valence-corrected chi connectivity index (χ1v) is 4.79. The number of benzene rings is 1. The minimum Gasteiger partial charge on any atom is -0.381 e. The van der Waals surface area contributed by atoms with Gasteiger partial charge in [0.1, 0.15) is 6.34 Å². The smallest absolute Gasteiger partial charge is 0.171 e. The summed E-state index contributed by atoms with van der Waals surface area (Å²) in [7, 11) is 3.65. The zero-order chi connectivity index (χ0) is 12.0. The average Bonchev–Trinajstić information content (AvgIpc) is 2.27. The van der Waals surface area contributed by atoms with Gasteiger partial charge < -0.3 is 10.6 Å². The van der Waals surface area contributed by atoms with Crippen LogP contribution in [0.4, 0.5) is 5.69 Å². The number of para-hydroxylation sites is 1. The summed E-state index contributed by atoms with van der Waals surface area (Å²) in [4.78, 5) is 9.83. The molecule has 0 spiro atoms. The third kappa shape index (κ3) is 3.20. The van der Waals surface area contributed by atoms with Crippen molar-refractivity contribution in [3.05, 3.63) is 30.3 Å². The third-order valence-electron chi connectivity index (χ3n) is 1.85. The number of hydrogen-bond acceptors (Lipinski definition) is 2. The van der Waals surface area contributed by atoms with Gasteiger partial charge in [-0.1, -0.05) is 18.2 Å². The minimum atomic E-state index is 0.226. The molecule has 84 valence electrons. The molecule has 0 unspecified atom stereocenters. The molecule has 0 aliphatic heterocycles. The normalized spacial score (nSPS) is 12.4. The lowest BCUT2D eigenvalue weighted by Gasteiger charge is -2.14. The highest BCUT2D eigenvalue weighted by atomic mass is 15.2. The maximum absolute atomic E-state index is 6.88. The van der Waals surface area contributed by atoms with E-state index < -0.39 is 0 Å². The van der Waals surface area contributed by atoms with Gasteiger partial charge in [0.25, 0.3) is 0 Å². The Kier molecular flexibility index (Phi) is 4.20. The van der Waals surface area contributed by atoms with Crippen LogP contribution in [-0.2, 0) is 0 Å². The Balaban J connectivity index is 3.08. The van der Waals surface area contributed by atoms with E-state index in [1.807, 2.05) is 44.4 Å². The summed E-state index contributed by atoms with van der Waals surface area (Å²) >= 11 is 0. The zero-order valence-electron chi connectivity index (χ0n) is 9.38. The molecule has 3 N–H and O–H groups in total. The van der Waals surface area contributed by atoms with E-state index >= 15 is 0 Å². The van der Waals surface area contributed by atoms with E-state index in [1.54, 1.807) is 4.90 Å². The second-order valence-electron chi connectivity index (χ2n) is 3.31. The van der Waals surface area contributed by atoms with Crippen molar-refractivity contribution in [3.8, 4) is 0 Å². The number of likely N-dealkylation sites (N-methyl/N-ethyl adjacent to an activating group) is 1. The van der Waals surface area contributed by atoms with Crippen LogP contribution < -0.4 is 5.73 Å². The molecule has 0 amide bonds. The lowest BCUT2D eigenvalue weighted by Crippen LogP contribution is -2.35. The van der Waals surface area contributed by atoms with Crippen LogP contribution in [0.1, 0.15) is 0 Å². The summed E-state index contributed by atoms with van der Waals surface area (Å²) < 4.78 is 0. The number of nitrogens with two attached hydrogens (primary N) is 1. The molecular formula is C11H15N5. The first-order chi connectivity index (χ1) is 7.65. The number of amidine groups is 2. The van der Waals surface area contributed by atoms with E-state index in [4.69, 9.17) is 11.1 Å². The van der Waals surface area contributed by atoms with Crippen molar-refractivity contribution < 1.29 is 0 Å². The summed E-state index contributed by atoms with van der Waals surface area (Å²) in [6.45, 7) is 0. The largest absolute Gasteiger partial charge is 0.381 e. The Bertz CT molecular complexity index is 406. The maximum Gasteiger partial charge on any atom is 0.171 e. The molecule has 1 aromatic carbocycles. The predicted octanol–water partition coefficient (Wildman–Crippen LogP) is 1.24. The van der Waals surface area contributed by atoms with Gasteiger partial charge in [0.2, 0.25) is 0 Å². The van der Waals surface area contributed by atoms with E-state index in [-0.39, 0.29) is 5.84 Å². The Hall–Kier alpha value is -2.17. The van der Waals surface area contributed by atoms with Crippen LogP contribution in [0.2, 0.25) is 0 Å². The standard InChI is InChI=1S/C11H15N5/c1-16(2)11(10(13)14-8-12)15-9-6-4-3-5-7-9/h3-8H,1-2H3,(H3,12,13,14). The number of aliphatic imine (C=N–C) groups is 2. The molecule has 5 heteroatoms. The number of nitrogens with one attached hydrogen (secondary N) is 1. The van der Waals surface area contributed by atoms with Gasteiger partial charge in [-0.3, -0.25) is 5.41 Å². The van der Waals surface area contributed by atoms with Crippen molar-refractivity contribution in [2.75, 3.05) is 14.1 Å². The third-order valence-corrected chi connectivity index (χ3v) is 1.85. The van der Waals surface area contributed by atoms with Gasteiger partial charge in [-0.2, -0.15) is 0 Å². The summed E-state index contributed by atoms with van der Waals surface area (Å²) in [6.07, 6.45) is 0.902. The molecule has 1 rings (SSSR count). The minimum absolute atomic E-state index is 0.226. The highest BCUT2D eigenvalue weighted by Crippen LogP contribution is 2.10. The fourth-order valence-corrected chi connectivity index (χ4v) is 1.14. The Morgan fingerprint density at radius 3 is 2.44 bits per heavy atom. The van der Waals surface area contributed by atoms with Gasteiger partial charge in [-0.25, -0.2) is 9.98 Å². The summed E-state index contributed by atoms with van der Waals surface area (Å²) in [5.41, 5.74) is 6.50. The maximum atomic E-state index is 6.88. The van der Waals surface area contributed by atoms with E-state index in [9.17, 15) is 0 Å². The molecule has 5 nitrogen and oxygen atoms in total. The first-order valence-electron chi connectivity index (χ1n) is 4.79. The van der Waals surface area contributed by atoms with Crippen LogP contribution in [0.25, 0.3) is 0 Å². The fourth-order valence-electron chi connectivity index (χ4n) is 1.14. The molecule has 0 saturated carbocycles. The van der Waals surface area contributed by atoms with Crippen LogP contribution >= 0.6 is 0 Å².